The molecule has 0 bridgehead atoms. The van der Waals surface area contributed by atoms with E-state index in [-0.39, 0.29) is 11.9 Å². The van der Waals surface area contributed by atoms with E-state index in [9.17, 15) is 4.79 Å². The van der Waals surface area contributed by atoms with Crippen LogP contribution in [0.15, 0.2) is 73.4 Å². The summed E-state index contributed by atoms with van der Waals surface area (Å²) < 4.78 is 5.74. The fraction of sp³-hybridized carbons (Fsp3) is 0.143. The summed E-state index contributed by atoms with van der Waals surface area (Å²) >= 11 is 12.5. The number of carbonyl (C=O) groups is 1. The third kappa shape index (κ3) is 4.15. The number of pyridine rings is 1. The Morgan fingerprint density at radius 2 is 1.85 bits per heavy atom. The average molecular weight is 489 g/mol. The molecule has 2 heterocycles. The van der Waals surface area contributed by atoms with Crippen molar-refractivity contribution in [3.8, 4) is 16.9 Å². The van der Waals surface area contributed by atoms with Gasteiger partial charge < -0.3 is 10.1 Å². The van der Waals surface area contributed by atoms with Gasteiger partial charge in [0.25, 0.3) is 5.91 Å². The SMILES string of the molecule is C=C(C)c1c(C(=O)N[C@H]2CCOc3ccccc32)cnc2c(-c3cc(Cl)cc(Cl)c3)cccc12. The highest BCUT2D eigenvalue weighted by Crippen LogP contribution is 2.36. The molecule has 0 fully saturated rings. The van der Waals surface area contributed by atoms with Gasteiger partial charge in [-0.3, -0.25) is 9.78 Å². The first-order chi connectivity index (χ1) is 16.4. The number of hydrogen-bond donors (Lipinski definition) is 1. The molecule has 0 radical (unpaired) electrons. The molecule has 6 heteroatoms. The molecule has 170 valence electrons. The Labute approximate surface area is 208 Å². The zero-order valence-electron chi connectivity index (χ0n) is 18.6. The molecule has 0 saturated carbocycles. The van der Waals surface area contributed by atoms with E-state index >= 15 is 0 Å². The maximum Gasteiger partial charge on any atom is 0.253 e. The van der Waals surface area contributed by atoms with Crippen LogP contribution < -0.4 is 10.1 Å². The second-order valence-corrected chi connectivity index (χ2v) is 9.26. The molecule has 1 N–H and O–H groups in total. The van der Waals surface area contributed by atoms with Gasteiger partial charge in [-0.25, -0.2) is 0 Å². The Bertz CT molecular complexity index is 1430. The van der Waals surface area contributed by atoms with E-state index in [2.05, 4.69) is 11.9 Å². The molecule has 1 atom stereocenters. The number of nitrogens with one attached hydrogen (secondary N) is 1. The number of hydrogen-bond acceptors (Lipinski definition) is 3. The van der Waals surface area contributed by atoms with Crippen LogP contribution >= 0.6 is 23.2 Å². The van der Waals surface area contributed by atoms with Crippen molar-refractivity contribution in [1.82, 2.24) is 10.3 Å². The van der Waals surface area contributed by atoms with Crippen LogP contribution in [-0.2, 0) is 0 Å². The van der Waals surface area contributed by atoms with Crippen molar-refractivity contribution in [1.29, 1.82) is 0 Å². The molecule has 0 aliphatic carbocycles. The summed E-state index contributed by atoms with van der Waals surface area (Å²) in [5, 5.41) is 5.12. The predicted molar refractivity (Wildman–Crippen MR) is 139 cm³/mol. The summed E-state index contributed by atoms with van der Waals surface area (Å²) in [6, 6.07) is 18.9. The Morgan fingerprint density at radius 3 is 2.62 bits per heavy atom. The number of amides is 1. The second kappa shape index (κ2) is 9.13. The number of benzene rings is 3. The van der Waals surface area contributed by atoms with Gasteiger partial charge in [-0.15, -0.1) is 0 Å². The molecule has 1 aliphatic rings. The lowest BCUT2D eigenvalue weighted by Gasteiger charge is -2.27. The highest BCUT2D eigenvalue weighted by Gasteiger charge is 2.25. The Hall–Kier alpha value is -3.34. The summed E-state index contributed by atoms with van der Waals surface area (Å²) in [6.07, 6.45) is 2.33. The van der Waals surface area contributed by atoms with Crippen molar-refractivity contribution in [3.63, 3.8) is 0 Å². The summed E-state index contributed by atoms with van der Waals surface area (Å²) in [6.45, 7) is 6.62. The van der Waals surface area contributed by atoms with Gasteiger partial charge in [0.2, 0.25) is 0 Å². The first-order valence-electron chi connectivity index (χ1n) is 11.0. The number of allylic oxidation sites excluding steroid dienone is 1. The molecule has 4 nitrogen and oxygen atoms in total. The van der Waals surface area contributed by atoms with Crippen molar-refractivity contribution < 1.29 is 9.53 Å². The van der Waals surface area contributed by atoms with Gasteiger partial charge >= 0.3 is 0 Å². The fourth-order valence-corrected chi connectivity index (χ4v) is 5.05. The monoisotopic (exact) mass is 488 g/mol. The summed E-state index contributed by atoms with van der Waals surface area (Å²) in [5.41, 5.74) is 5.53. The minimum Gasteiger partial charge on any atom is -0.493 e. The molecule has 1 aromatic heterocycles. The molecule has 0 saturated heterocycles. The number of rotatable bonds is 4. The van der Waals surface area contributed by atoms with Crippen LogP contribution in [-0.4, -0.2) is 17.5 Å². The van der Waals surface area contributed by atoms with Crippen LogP contribution in [0.25, 0.3) is 27.6 Å². The van der Waals surface area contributed by atoms with E-state index in [1.165, 1.54) is 0 Å². The number of aromatic nitrogens is 1. The number of nitrogens with zero attached hydrogens (tertiary/aromatic N) is 1. The van der Waals surface area contributed by atoms with Gasteiger partial charge in [-0.1, -0.05) is 66.2 Å². The van der Waals surface area contributed by atoms with E-state index < -0.39 is 0 Å². The third-order valence-electron chi connectivity index (χ3n) is 6.01. The third-order valence-corrected chi connectivity index (χ3v) is 6.44. The van der Waals surface area contributed by atoms with Gasteiger partial charge in [0, 0.05) is 44.7 Å². The van der Waals surface area contributed by atoms with Crippen LogP contribution in [0.5, 0.6) is 5.75 Å². The Kier molecular flexibility index (Phi) is 6.03. The lowest BCUT2D eigenvalue weighted by Crippen LogP contribution is -2.32. The zero-order chi connectivity index (χ0) is 23.8. The highest BCUT2D eigenvalue weighted by molar-refractivity contribution is 6.35. The normalized spacial score (nSPS) is 14.9. The minimum absolute atomic E-state index is 0.133. The van der Waals surface area contributed by atoms with E-state index in [4.69, 9.17) is 32.9 Å². The number of ether oxygens (including phenoxy) is 1. The number of fused-ring (bicyclic) bond motifs is 2. The topological polar surface area (TPSA) is 51.2 Å². The van der Waals surface area contributed by atoms with Crippen LogP contribution in [0.4, 0.5) is 0 Å². The molecule has 34 heavy (non-hydrogen) atoms. The van der Waals surface area contributed by atoms with Gasteiger partial charge in [0.05, 0.1) is 23.7 Å². The molecule has 1 amide bonds. The first-order valence-corrected chi connectivity index (χ1v) is 11.7. The van der Waals surface area contributed by atoms with Crippen molar-refractivity contribution >= 4 is 45.6 Å². The lowest BCUT2D eigenvalue weighted by atomic mass is 9.93. The van der Waals surface area contributed by atoms with Crippen LogP contribution in [0.3, 0.4) is 0 Å². The smallest absolute Gasteiger partial charge is 0.253 e. The van der Waals surface area contributed by atoms with Gasteiger partial charge in [-0.2, -0.15) is 0 Å². The van der Waals surface area contributed by atoms with Crippen molar-refractivity contribution in [2.24, 2.45) is 0 Å². The summed E-state index contributed by atoms with van der Waals surface area (Å²) in [5.74, 6) is 0.617. The quantitative estimate of drug-likeness (QED) is 0.323. The number of carbonyl (C=O) groups excluding carboxylic acids is 1. The van der Waals surface area contributed by atoms with E-state index in [0.29, 0.717) is 28.6 Å². The molecular formula is C28H22Cl2N2O2. The van der Waals surface area contributed by atoms with Crippen molar-refractivity contribution in [3.05, 3.63) is 100 Å². The van der Waals surface area contributed by atoms with Gasteiger partial charge in [0.1, 0.15) is 5.75 Å². The summed E-state index contributed by atoms with van der Waals surface area (Å²) in [4.78, 5) is 18.2. The first kappa shape index (κ1) is 22.5. The molecular weight excluding hydrogens is 467 g/mol. The molecule has 0 spiro atoms. The predicted octanol–water partition coefficient (Wildman–Crippen LogP) is 7.50. The van der Waals surface area contributed by atoms with Gasteiger partial charge in [0.15, 0.2) is 0 Å². The lowest BCUT2D eigenvalue weighted by molar-refractivity contribution is 0.0924. The Balaban J connectivity index is 1.58. The van der Waals surface area contributed by atoms with E-state index in [0.717, 1.165) is 44.5 Å². The molecule has 1 aliphatic heterocycles. The Morgan fingerprint density at radius 1 is 1.09 bits per heavy atom. The van der Waals surface area contributed by atoms with Crippen LogP contribution in [0.2, 0.25) is 10.0 Å². The fourth-order valence-electron chi connectivity index (χ4n) is 4.53. The van der Waals surface area contributed by atoms with E-state index in [1.54, 1.807) is 12.3 Å². The second-order valence-electron chi connectivity index (χ2n) is 8.39. The largest absolute Gasteiger partial charge is 0.493 e. The van der Waals surface area contributed by atoms with Crippen LogP contribution in [0.1, 0.15) is 40.9 Å². The molecule has 4 aromatic rings. The highest BCUT2D eigenvalue weighted by atomic mass is 35.5. The molecule has 3 aromatic carbocycles. The summed E-state index contributed by atoms with van der Waals surface area (Å²) in [7, 11) is 0. The van der Waals surface area contributed by atoms with E-state index in [1.807, 2.05) is 61.5 Å². The maximum absolute atomic E-state index is 13.5. The van der Waals surface area contributed by atoms with Crippen LogP contribution in [0, 0.1) is 0 Å². The minimum atomic E-state index is -0.190. The number of para-hydroxylation sites is 2. The van der Waals surface area contributed by atoms with Crippen molar-refractivity contribution in [2.45, 2.75) is 19.4 Å². The average Bonchev–Trinajstić information content (AvgIpc) is 2.82. The van der Waals surface area contributed by atoms with Gasteiger partial charge in [-0.05, 0) is 42.3 Å². The molecule has 0 unspecified atom stereocenters. The van der Waals surface area contributed by atoms with Crippen molar-refractivity contribution in [2.75, 3.05) is 6.61 Å². The number of halogens is 2. The zero-order valence-corrected chi connectivity index (χ0v) is 20.1. The standard InChI is InChI=1S/C28H22Cl2N2O2/c1-16(2)26-22-8-5-7-20(17-12-18(29)14-19(30)13-17)27(22)31-15-23(26)28(33)32-24-10-11-34-25-9-4-3-6-21(24)25/h3-9,12-15,24H,1,10-11H2,2H3,(H,32,33)/t24-/m0/s1. The maximum atomic E-state index is 13.5. The molecule has 5 rings (SSSR count).